The fraction of sp³-hybridized carbons (Fsp3) is 0.500. The van der Waals surface area contributed by atoms with Gasteiger partial charge in [-0.2, -0.15) is 0 Å². The topological polar surface area (TPSA) is 53.5 Å². The molecule has 0 bridgehead atoms. The van der Waals surface area contributed by atoms with Crippen molar-refractivity contribution in [1.82, 2.24) is 0 Å². The molecule has 0 saturated carbocycles. The minimum atomic E-state index is -0.515. The predicted molar refractivity (Wildman–Crippen MR) is 44.7 cm³/mol. The molecule has 3 unspecified atom stereocenters. The van der Waals surface area contributed by atoms with Gasteiger partial charge in [0.25, 0.3) is 0 Å². The molecule has 0 aliphatic rings. The number of quaternary nitrogens is 1. The van der Waals surface area contributed by atoms with Crippen LogP contribution in [-0.4, -0.2) is 13.3 Å². The minimum Gasteiger partial charge on any atom is -0.626 e. The van der Waals surface area contributed by atoms with Crippen molar-refractivity contribution in [3.63, 3.8) is 0 Å². The molecule has 3 atom stereocenters. The Hall–Kier alpha value is 0.320. The summed E-state index contributed by atoms with van der Waals surface area (Å²) in [7, 11) is 0.164. The Morgan fingerprint density at radius 2 is 2.33 bits per heavy atom. The Labute approximate surface area is 58.4 Å². The van der Waals surface area contributed by atoms with E-state index in [0.717, 1.165) is 0 Å². The average Bonchev–Trinajstić information content (AvgIpc) is 1.84. The van der Waals surface area contributed by atoms with Crippen molar-refractivity contribution in [1.29, 1.82) is 0 Å². The van der Waals surface area contributed by atoms with Crippen LogP contribution in [0.5, 0.6) is 0 Å². The Kier molecular flexibility index (Phi) is 4.33. The second-order valence-electron chi connectivity index (χ2n) is 1.61. The van der Waals surface area contributed by atoms with Crippen molar-refractivity contribution in [3.8, 4) is 0 Å². The highest BCUT2D eigenvalue weighted by Gasteiger charge is 2.07. The maximum atomic E-state index is 10.9. The number of hydrogen-bond acceptors (Lipinski definition) is 2. The lowest BCUT2D eigenvalue weighted by molar-refractivity contribution is -0.658. The zero-order valence-corrected chi connectivity index (χ0v) is 7.53. The third-order valence-corrected chi connectivity index (χ3v) is 5.10. The van der Waals surface area contributed by atoms with Crippen molar-refractivity contribution in [2.75, 3.05) is 13.3 Å². The number of rotatable bonds is 3. The average molecular weight is 166 g/mol. The summed E-state index contributed by atoms with van der Waals surface area (Å²) in [4.78, 5) is 0.0471. The smallest absolute Gasteiger partial charge is 0.191 e. The molecule has 0 spiro atoms. The van der Waals surface area contributed by atoms with E-state index in [1.54, 1.807) is 0 Å². The molecule has 0 amide bonds. The molecule has 0 heterocycles. The van der Waals surface area contributed by atoms with Crippen LogP contribution in [0.25, 0.3) is 0 Å². The summed E-state index contributed by atoms with van der Waals surface area (Å²) >= 11 is 0. The van der Waals surface area contributed by atoms with Gasteiger partial charge in [0.2, 0.25) is 0 Å². The fourth-order valence-electron chi connectivity index (χ4n) is 0.317. The minimum absolute atomic E-state index is 0.0471. The maximum absolute atomic E-state index is 10.9. The van der Waals surface area contributed by atoms with E-state index >= 15 is 0 Å². The summed E-state index contributed by atoms with van der Waals surface area (Å²) in [6.07, 6.45) is 0. The standard InChI is InChI=1S/C4H12N2OP2/c1-4(5)6(7)9(3)8-2/h6,8H,1,5H2,2-3H3. The van der Waals surface area contributed by atoms with Gasteiger partial charge in [-0.05, 0) is 21.5 Å². The molecule has 0 aromatic rings. The van der Waals surface area contributed by atoms with E-state index in [1.807, 2.05) is 13.3 Å². The van der Waals surface area contributed by atoms with Crippen molar-refractivity contribution < 1.29 is 4.83 Å². The van der Waals surface area contributed by atoms with Gasteiger partial charge >= 0.3 is 0 Å². The highest BCUT2D eigenvalue weighted by atomic mass is 32.1. The van der Waals surface area contributed by atoms with Crippen LogP contribution in [0.3, 0.4) is 0 Å². The van der Waals surface area contributed by atoms with Gasteiger partial charge in [-0.3, -0.25) is 0 Å². The molecule has 0 radical (unpaired) electrons. The zero-order valence-electron chi connectivity index (χ0n) is 5.64. The molecule has 0 aromatic carbocycles. The number of nitrogens with one attached hydrogen (secondary N) is 1. The first-order valence-corrected chi connectivity index (χ1v) is 6.62. The molecular weight excluding hydrogens is 154 g/mol. The molecule has 0 aromatic heterocycles. The van der Waals surface area contributed by atoms with Gasteiger partial charge in [-0.25, -0.2) is 0 Å². The van der Waals surface area contributed by atoms with Crippen molar-refractivity contribution in [2.45, 2.75) is 0 Å². The van der Waals surface area contributed by atoms with Gasteiger partial charge in [0.05, 0.1) is 0 Å². The van der Waals surface area contributed by atoms with Crippen molar-refractivity contribution in [3.05, 3.63) is 17.6 Å². The molecular formula is C4H12N2OP2. The highest BCUT2D eigenvalue weighted by molar-refractivity contribution is 8.17. The Morgan fingerprint density at radius 1 is 1.89 bits per heavy atom. The second-order valence-corrected chi connectivity index (χ2v) is 6.94. The van der Waals surface area contributed by atoms with E-state index in [9.17, 15) is 5.21 Å². The largest absolute Gasteiger partial charge is 0.626 e. The molecule has 9 heavy (non-hydrogen) atoms. The highest BCUT2D eigenvalue weighted by Crippen LogP contribution is 2.41. The van der Waals surface area contributed by atoms with Gasteiger partial charge in [-0.15, -0.1) is 0 Å². The lowest BCUT2D eigenvalue weighted by Gasteiger charge is -2.25. The normalized spacial score (nSPS) is 18.1. The van der Waals surface area contributed by atoms with Gasteiger partial charge in [0.1, 0.15) is 7.76 Å². The van der Waals surface area contributed by atoms with E-state index in [4.69, 9.17) is 5.73 Å². The van der Waals surface area contributed by atoms with Gasteiger partial charge in [0.15, 0.2) is 5.82 Å². The number of nitrogens with two attached hydrogens (primary N) is 1. The first-order chi connectivity index (χ1) is 4.09. The van der Waals surface area contributed by atoms with Crippen LogP contribution < -0.4 is 10.6 Å². The molecule has 5 heteroatoms. The molecule has 3 nitrogen and oxygen atoms in total. The third kappa shape index (κ3) is 3.12. The van der Waals surface area contributed by atoms with Crippen molar-refractivity contribution in [2.24, 2.45) is 5.73 Å². The van der Waals surface area contributed by atoms with E-state index in [0.29, 0.717) is 8.27 Å². The first kappa shape index (κ1) is 9.32. The first-order valence-electron chi connectivity index (χ1n) is 2.49. The summed E-state index contributed by atoms with van der Waals surface area (Å²) in [5.41, 5.74) is 5.19. The van der Waals surface area contributed by atoms with E-state index in [-0.39, 0.29) is 10.7 Å². The quantitative estimate of drug-likeness (QED) is 0.459. The van der Waals surface area contributed by atoms with Gasteiger partial charge < -0.3 is 15.8 Å². The molecule has 0 aliphatic carbocycles. The van der Waals surface area contributed by atoms with Crippen LogP contribution in [-0.2, 0) is 0 Å². The fourth-order valence-corrected chi connectivity index (χ4v) is 1.99. The van der Waals surface area contributed by atoms with Gasteiger partial charge in [-0.1, -0.05) is 0 Å². The summed E-state index contributed by atoms with van der Waals surface area (Å²) in [5.74, 6) is 0.206. The molecule has 0 fully saturated rings. The lowest BCUT2D eigenvalue weighted by atomic mass is 10.9. The van der Waals surface area contributed by atoms with Crippen LogP contribution >= 0.6 is 16.0 Å². The number of hydroxylamine groups is 1. The molecule has 0 saturated heterocycles. The number of hydrogen-bond donors (Lipinski definition) is 2. The van der Waals surface area contributed by atoms with Crippen molar-refractivity contribution >= 4 is 16.0 Å². The maximum Gasteiger partial charge on any atom is 0.191 e. The summed E-state index contributed by atoms with van der Waals surface area (Å²) < 4.78 is 0. The molecule has 0 rings (SSSR count). The summed E-state index contributed by atoms with van der Waals surface area (Å²) in [6.45, 7) is 7.30. The molecule has 0 aliphatic heterocycles. The van der Waals surface area contributed by atoms with Crippen LogP contribution in [0.4, 0.5) is 0 Å². The third-order valence-electron chi connectivity index (χ3n) is 0.915. The van der Waals surface area contributed by atoms with E-state index < -0.39 is 7.76 Å². The SMILES string of the molecule is C=C(N)[NH+]([O-])P(C)PC. The lowest BCUT2D eigenvalue weighted by Crippen LogP contribution is -2.99. The summed E-state index contributed by atoms with van der Waals surface area (Å²) in [6, 6.07) is 0. The van der Waals surface area contributed by atoms with Crippen LogP contribution in [0.2, 0.25) is 0 Å². The van der Waals surface area contributed by atoms with Crippen LogP contribution in [0.1, 0.15) is 0 Å². The second kappa shape index (κ2) is 4.19. The van der Waals surface area contributed by atoms with E-state index in [1.165, 1.54) is 0 Å². The molecule has 3 N–H and O–H groups in total. The zero-order chi connectivity index (χ0) is 7.44. The van der Waals surface area contributed by atoms with Gasteiger partial charge in [0, 0.05) is 6.66 Å². The summed E-state index contributed by atoms with van der Waals surface area (Å²) in [5, 5.41) is 10.9. The Morgan fingerprint density at radius 3 is 2.44 bits per heavy atom. The monoisotopic (exact) mass is 166 g/mol. The predicted octanol–water partition coefficient (Wildman–Crippen LogP) is 0.0490. The molecule has 54 valence electrons. The Bertz CT molecular complexity index is 109. The van der Waals surface area contributed by atoms with E-state index in [2.05, 4.69) is 6.58 Å². The van der Waals surface area contributed by atoms with Crippen LogP contribution in [0.15, 0.2) is 12.4 Å². The van der Waals surface area contributed by atoms with Crippen LogP contribution in [0, 0.1) is 5.21 Å². The Balaban J connectivity index is 3.72.